The number of halogens is 2. The first-order chi connectivity index (χ1) is 9.90. The first kappa shape index (κ1) is 14.6. The molecule has 0 saturated carbocycles. The Morgan fingerprint density at radius 1 is 1.52 bits per heavy atom. The molecule has 2 aliphatic heterocycles. The van der Waals surface area contributed by atoms with E-state index in [0.717, 1.165) is 11.1 Å². The van der Waals surface area contributed by atoms with Crippen LogP contribution in [0.2, 0.25) is 10.0 Å². The first-order valence-electron chi connectivity index (χ1n) is 6.60. The minimum atomic E-state index is -0.793. The van der Waals surface area contributed by atoms with E-state index in [1.807, 2.05) is 0 Å². The number of carbonyl (C=O) groups is 2. The molecule has 5 nitrogen and oxygen atoms in total. The van der Waals surface area contributed by atoms with Crippen LogP contribution < -0.4 is 5.32 Å². The molecule has 1 atom stereocenters. The number of nitrogens with zero attached hydrogens (tertiary/aromatic N) is 1. The van der Waals surface area contributed by atoms with E-state index in [-0.39, 0.29) is 18.4 Å². The van der Waals surface area contributed by atoms with Gasteiger partial charge in [-0.15, -0.1) is 0 Å². The number of likely N-dealkylation sites (tertiary alicyclic amines) is 1. The van der Waals surface area contributed by atoms with Gasteiger partial charge in [-0.2, -0.15) is 0 Å². The quantitative estimate of drug-likeness (QED) is 0.824. The van der Waals surface area contributed by atoms with E-state index in [0.29, 0.717) is 28.7 Å². The molecule has 0 unspecified atom stereocenters. The number of amides is 2. The van der Waals surface area contributed by atoms with Gasteiger partial charge in [-0.3, -0.25) is 9.59 Å². The molecule has 7 heteroatoms. The maximum Gasteiger partial charge on any atom is 0.248 e. The van der Waals surface area contributed by atoms with E-state index in [9.17, 15) is 9.59 Å². The van der Waals surface area contributed by atoms with Gasteiger partial charge in [0.1, 0.15) is 6.61 Å². The molecule has 21 heavy (non-hydrogen) atoms. The lowest BCUT2D eigenvalue weighted by Crippen LogP contribution is -2.40. The first-order valence-corrected chi connectivity index (χ1v) is 7.35. The normalized spacial score (nSPS) is 23.6. The topological polar surface area (TPSA) is 69.6 Å². The monoisotopic (exact) mass is 328 g/mol. The van der Waals surface area contributed by atoms with Gasteiger partial charge in [0, 0.05) is 18.8 Å². The highest BCUT2D eigenvalue weighted by Gasteiger charge is 2.52. The average molecular weight is 329 g/mol. The van der Waals surface area contributed by atoms with Gasteiger partial charge < -0.3 is 15.3 Å². The number of aliphatic hydroxyl groups is 1. The Hall–Kier alpha value is -1.30. The molecule has 1 aromatic rings. The Balaban J connectivity index is 2.08. The third kappa shape index (κ3) is 1.95. The molecule has 1 saturated heterocycles. The van der Waals surface area contributed by atoms with Crippen LogP contribution in [0.1, 0.15) is 17.5 Å². The molecule has 2 N–H and O–H groups in total. The molecular formula is C14H14Cl2N2O3. The molecule has 0 aromatic heterocycles. The molecule has 1 fully saturated rings. The van der Waals surface area contributed by atoms with Crippen LogP contribution in [-0.4, -0.2) is 41.5 Å². The van der Waals surface area contributed by atoms with Crippen molar-refractivity contribution in [2.24, 2.45) is 0 Å². The Morgan fingerprint density at radius 2 is 2.24 bits per heavy atom. The molecule has 2 heterocycles. The second-order valence-corrected chi connectivity index (χ2v) is 6.26. The molecular weight excluding hydrogens is 315 g/mol. The number of aliphatic hydroxyl groups excluding tert-OH is 1. The molecule has 0 aliphatic carbocycles. The van der Waals surface area contributed by atoms with Crippen molar-refractivity contribution in [1.82, 2.24) is 4.90 Å². The molecule has 0 radical (unpaired) electrons. The van der Waals surface area contributed by atoms with E-state index >= 15 is 0 Å². The summed E-state index contributed by atoms with van der Waals surface area (Å²) in [6, 6.07) is 1.71. The molecule has 1 aromatic carbocycles. The summed E-state index contributed by atoms with van der Waals surface area (Å²) in [7, 11) is 0. The van der Waals surface area contributed by atoms with Crippen molar-refractivity contribution in [2.45, 2.75) is 18.8 Å². The van der Waals surface area contributed by atoms with Gasteiger partial charge in [0.25, 0.3) is 0 Å². The minimum absolute atomic E-state index is 0.146. The molecule has 112 valence electrons. The van der Waals surface area contributed by atoms with Crippen molar-refractivity contribution in [2.75, 3.05) is 25.0 Å². The van der Waals surface area contributed by atoms with Crippen LogP contribution in [0.3, 0.4) is 0 Å². The van der Waals surface area contributed by atoms with Gasteiger partial charge in [0.2, 0.25) is 11.8 Å². The van der Waals surface area contributed by atoms with Crippen LogP contribution in [-0.2, 0) is 15.0 Å². The van der Waals surface area contributed by atoms with Gasteiger partial charge in [-0.25, -0.2) is 0 Å². The number of hydrogen-bond donors (Lipinski definition) is 2. The van der Waals surface area contributed by atoms with E-state index in [4.69, 9.17) is 28.3 Å². The summed E-state index contributed by atoms with van der Waals surface area (Å²) in [6.07, 6.45) is 0.509. The third-order valence-electron chi connectivity index (χ3n) is 4.40. The number of benzene rings is 1. The molecule has 2 amide bonds. The Morgan fingerprint density at radius 3 is 2.90 bits per heavy atom. The summed E-state index contributed by atoms with van der Waals surface area (Å²) in [5.41, 5.74) is 1.41. The van der Waals surface area contributed by atoms with Crippen LogP contribution >= 0.6 is 23.2 Å². The van der Waals surface area contributed by atoms with Crippen molar-refractivity contribution in [3.63, 3.8) is 0 Å². The van der Waals surface area contributed by atoms with E-state index in [1.165, 1.54) is 4.90 Å². The highest BCUT2D eigenvalue weighted by atomic mass is 35.5. The van der Waals surface area contributed by atoms with Crippen LogP contribution in [0.25, 0.3) is 0 Å². The number of fused-ring (bicyclic) bond motifs is 2. The van der Waals surface area contributed by atoms with Crippen molar-refractivity contribution < 1.29 is 14.7 Å². The summed E-state index contributed by atoms with van der Waals surface area (Å²) >= 11 is 12.3. The largest absolute Gasteiger partial charge is 0.387 e. The second kappa shape index (κ2) is 4.87. The van der Waals surface area contributed by atoms with Gasteiger partial charge in [-0.1, -0.05) is 23.2 Å². The fourth-order valence-electron chi connectivity index (χ4n) is 3.17. The van der Waals surface area contributed by atoms with Crippen molar-refractivity contribution in [1.29, 1.82) is 0 Å². The second-order valence-electron chi connectivity index (χ2n) is 5.48. The van der Waals surface area contributed by atoms with Crippen LogP contribution in [0.4, 0.5) is 5.69 Å². The minimum Gasteiger partial charge on any atom is -0.387 e. The summed E-state index contributed by atoms with van der Waals surface area (Å²) in [5.74, 6) is -0.517. The molecule has 3 rings (SSSR count). The molecule has 1 spiro atoms. The summed E-state index contributed by atoms with van der Waals surface area (Å²) in [5, 5.41) is 12.7. The van der Waals surface area contributed by atoms with E-state index < -0.39 is 12.0 Å². The summed E-state index contributed by atoms with van der Waals surface area (Å²) < 4.78 is 0. The predicted molar refractivity (Wildman–Crippen MR) is 79.8 cm³/mol. The van der Waals surface area contributed by atoms with E-state index in [2.05, 4.69) is 5.32 Å². The Labute approximate surface area is 131 Å². The highest BCUT2D eigenvalue weighted by molar-refractivity contribution is 6.43. The van der Waals surface area contributed by atoms with Crippen LogP contribution in [0, 0.1) is 6.92 Å². The molecule has 2 aliphatic rings. The number of anilines is 1. The summed E-state index contributed by atoms with van der Waals surface area (Å²) in [4.78, 5) is 25.7. The number of rotatable bonds is 1. The maximum absolute atomic E-state index is 12.5. The van der Waals surface area contributed by atoms with Crippen LogP contribution in [0.5, 0.6) is 0 Å². The lowest BCUT2D eigenvalue weighted by atomic mass is 9.80. The van der Waals surface area contributed by atoms with Crippen molar-refractivity contribution >= 4 is 40.7 Å². The SMILES string of the molecule is Cc1c(Cl)c(Cl)cc2c1NC(=O)[C@]21CCN(C(=O)CO)C1. The van der Waals surface area contributed by atoms with Gasteiger partial charge in [0.15, 0.2) is 0 Å². The van der Waals surface area contributed by atoms with Crippen molar-refractivity contribution in [3.8, 4) is 0 Å². The summed E-state index contributed by atoms with van der Waals surface area (Å²) in [6.45, 7) is 1.94. The van der Waals surface area contributed by atoms with Gasteiger partial charge >= 0.3 is 0 Å². The standard InChI is InChI=1S/C14H14Cl2N2O3/c1-7-11(16)9(15)4-8-12(7)17-13(21)14(8)2-3-18(6-14)10(20)5-19/h4,19H,2-3,5-6H2,1H3,(H,17,21)/t14-/m0/s1. The Bertz CT molecular complexity index is 662. The van der Waals surface area contributed by atoms with Gasteiger partial charge in [-0.05, 0) is 30.5 Å². The highest BCUT2D eigenvalue weighted by Crippen LogP contribution is 2.48. The zero-order valence-corrected chi connectivity index (χ0v) is 12.9. The predicted octanol–water partition coefficient (Wildman–Crippen LogP) is 1.72. The lowest BCUT2D eigenvalue weighted by Gasteiger charge is -2.22. The Kier molecular flexibility index (Phi) is 3.39. The number of carbonyl (C=O) groups excluding carboxylic acids is 2. The maximum atomic E-state index is 12.5. The average Bonchev–Trinajstić information content (AvgIpc) is 3.02. The fraction of sp³-hybridized carbons (Fsp3) is 0.429. The van der Waals surface area contributed by atoms with Crippen molar-refractivity contribution in [3.05, 3.63) is 27.2 Å². The lowest BCUT2D eigenvalue weighted by molar-refractivity contribution is -0.133. The zero-order valence-electron chi connectivity index (χ0n) is 11.4. The fourth-order valence-corrected chi connectivity index (χ4v) is 3.57. The number of hydrogen-bond acceptors (Lipinski definition) is 3. The smallest absolute Gasteiger partial charge is 0.248 e. The van der Waals surface area contributed by atoms with E-state index in [1.54, 1.807) is 13.0 Å². The molecule has 0 bridgehead atoms. The van der Waals surface area contributed by atoms with Crippen LogP contribution in [0.15, 0.2) is 6.07 Å². The third-order valence-corrected chi connectivity index (χ3v) is 5.28. The zero-order chi connectivity index (χ0) is 15.4. The van der Waals surface area contributed by atoms with Gasteiger partial charge in [0.05, 0.1) is 15.5 Å². The number of nitrogens with one attached hydrogen (secondary N) is 1.